The summed E-state index contributed by atoms with van der Waals surface area (Å²) >= 11 is 0. The van der Waals surface area contributed by atoms with E-state index in [1.807, 2.05) is 12.1 Å². The van der Waals surface area contributed by atoms with Crippen molar-refractivity contribution < 1.29 is 9.90 Å². The van der Waals surface area contributed by atoms with Crippen molar-refractivity contribution in [2.45, 2.75) is 70.1 Å². The summed E-state index contributed by atoms with van der Waals surface area (Å²) in [6.07, 6.45) is 15.7. The van der Waals surface area contributed by atoms with Crippen molar-refractivity contribution in [1.82, 2.24) is 0 Å². The van der Waals surface area contributed by atoms with E-state index in [0.717, 1.165) is 17.4 Å². The molecule has 1 N–H and O–H groups in total. The van der Waals surface area contributed by atoms with Gasteiger partial charge in [0.2, 0.25) is 0 Å². The molecular weight excluding hydrogens is 334 g/mol. The normalized spacial score (nSPS) is 28.7. The van der Waals surface area contributed by atoms with Crippen molar-refractivity contribution in [2.24, 2.45) is 17.8 Å². The Balaban J connectivity index is 1.40. The summed E-state index contributed by atoms with van der Waals surface area (Å²) in [5.74, 6) is 2.39. The van der Waals surface area contributed by atoms with Gasteiger partial charge >= 0.3 is 5.97 Å². The maximum Gasteiger partial charge on any atom is 0.303 e. The lowest BCUT2D eigenvalue weighted by Crippen LogP contribution is -2.25. The third-order valence-electron chi connectivity index (χ3n) is 6.70. The first-order valence-electron chi connectivity index (χ1n) is 10.5. The molecule has 2 saturated carbocycles. The average molecular weight is 366 g/mol. The minimum Gasteiger partial charge on any atom is -0.481 e. The Bertz CT molecular complexity index is 669. The lowest BCUT2D eigenvalue weighted by atomic mass is 9.68. The smallest absolute Gasteiger partial charge is 0.303 e. The second-order valence-corrected chi connectivity index (χ2v) is 8.38. The summed E-state index contributed by atoms with van der Waals surface area (Å²) in [7, 11) is 0. The summed E-state index contributed by atoms with van der Waals surface area (Å²) in [4.78, 5) is 10.6. The van der Waals surface area contributed by atoms with Crippen molar-refractivity contribution in [3.05, 3.63) is 47.5 Å². The van der Waals surface area contributed by atoms with E-state index < -0.39 is 5.97 Å². The van der Waals surface area contributed by atoms with Gasteiger partial charge in [0.1, 0.15) is 0 Å². The number of carbonyl (C=O) groups is 1. The van der Waals surface area contributed by atoms with Crippen LogP contribution in [0.4, 0.5) is 0 Å². The zero-order valence-electron chi connectivity index (χ0n) is 16.1. The van der Waals surface area contributed by atoms with Gasteiger partial charge in [-0.2, -0.15) is 5.26 Å². The molecule has 0 bridgehead atoms. The van der Waals surface area contributed by atoms with Gasteiger partial charge in [-0.05, 0) is 99.2 Å². The van der Waals surface area contributed by atoms with Gasteiger partial charge in [0.05, 0.1) is 11.6 Å². The Morgan fingerprint density at radius 2 is 1.59 bits per heavy atom. The predicted molar refractivity (Wildman–Crippen MR) is 107 cm³/mol. The monoisotopic (exact) mass is 365 g/mol. The molecule has 0 atom stereocenters. The van der Waals surface area contributed by atoms with Crippen molar-refractivity contribution in [2.75, 3.05) is 0 Å². The van der Waals surface area contributed by atoms with Crippen LogP contribution < -0.4 is 0 Å². The summed E-state index contributed by atoms with van der Waals surface area (Å²) in [5, 5.41) is 17.6. The number of allylic oxidation sites excluding steroid dienone is 2. The fourth-order valence-electron chi connectivity index (χ4n) is 5.06. The van der Waals surface area contributed by atoms with E-state index in [4.69, 9.17) is 10.4 Å². The molecule has 0 radical (unpaired) electrons. The molecule has 0 aliphatic heterocycles. The number of nitriles is 1. The van der Waals surface area contributed by atoms with Crippen LogP contribution in [0.3, 0.4) is 0 Å². The van der Waals surface area contributed by atoms with E-state index in [2.05, 4.69) is 30.4 Å². The standard InChI is InChI=1S/C24H31NO2/c25-17-19-7-11-21(12-8-19)23-15-13-22(14-16-23)20-9-5-18(6-10-20)3-1-2-4-24(26)27/h1,3,7-8,11-12,18,20,22-23H,2,4-6,9-10,13-16H2,(H,26,27). The summed E-state index contributed by atoms with van der Waals surface area (Å²) < 4.78 is 0. The molecule has 3 rings (SSSR count). The van der Waals surface area contributed by atoms with Gasteiger partial charge in [-0.15, -0.1) is 0 Å². The molecule has 2 aliphatic carbocycles. The molecule has 27 heavy (non-hydrogen) atoms. The zero-order valence-corrected chi connectivity index (χ0v) is 16.1. The first-order chi connectivity index (χ1) is 13.2. The maximum atomic E-state index is 10.6. The van der Waals surface area contributed by atoms with Crippen molar-refractivity contribution in [3.8, 4) is 6.07 Å². The molecule has 0 heterocycles. The number of hydrogen-bond acceptors (Lipinski definition) is 2. The van der Waals surface area contributed by atoms with Crippen LogP contribution in [0.2, 0.25) is 0 Å². The molecule has 0 spiro atoms. The average Bonchev–Trinajstić information content (AvgIpc) is 2.72. The predicted octanol–water partition coefficient (Wildman–Crippen LogP) is 6.06. The van der Waals surface area contributed by atoms with E-state index in [0.29, 0.717) is 18.3 Å². The molecule has 3 heteroatoms. The van der Waals surface area contributed by atoms with Crippen LogP contribution in [0.15, 0.2) is 36.4 Å². The number of nitrogens with zero attached hydrogens (tertiary/aromatic N) is 1. The van der Waals surface area contributed by atoms with Crippen molar-refractivity contribution in [3.63, 3.8) is 0 Å². The van der Waals surface area contributed by atoms with Crippen LogP contribution in [0.1, 0.15) is 81.3 Å². The molecule has 0 amide bonds. The highest BCUT2D eigenvalue weighted by Crippen LogP contribution is 2.44. The quantitative estimate of drug-likeness (QED) is 0.623. The minimum atomic E-state index is -0.708. The van der Waals surface area contributed by atoms with Gasteiger partial charge in [0.15, 0.2) is 0 Å². The maximum absolute atomic E-state index is 10.6. The summed E-state index contributed by atoms with van der Waals surface area (Å²) in [5.41, 5.74) is 2.16. The van der Waals surface area contributed by atoms with Crippen LogP contribution in [-0.2, 0) is 4.79 Å². The largest absolute Gasteiger partial charge is 0.481 e. The number of carboxylic acid groups (broad SMARTS) is 1. The first kappa shape index (κ1) is 19.7. The molecule has 1 aromatic rings. The van der Waals surface area contributed by atoms with Gasteiger partial charge in [-0.1, -0.05) is 24.3 Å². The molecule has 0 unspecified atom stereocenters. The Labute approximate surface area is 163 Å². The highest BCUT2D eigenvalue weighted by Gasteiger charge is 2.30. The molecule has 3 nitrogen and oxygen atoms in total. The van der Waals surface area contributed by atoms with Crippen molar-refractivity contribution in [1.29, 1.82) is 5.26 Å². The van der Waals surface area contributed by atoms with Crippen LogP contribution in [0, 0.1) is 29.1 Å². The fourth-order valence-corrected chi connectivity index (χ4v) is 5.06. The van der Waals surface area contributed by atoms with E-state index >= 15 is 0 Å². The molecule has 0 aromatic heterocycles. The minimum absolute atomic E-state index is 0.244. The van der Waals surface area contributed by atoms with E-state index in [1.165, 1.54) is 56.9 Å². The molecule has 1 aromatic carbocycles. The lowest BCUT2D eigenvalue weighted by molar-refractivity contribution is -0.136. The van der Waals surface area contributed by atoms with Crippen LogP contribution in [0.25, 0.3) is 0 Å². The van der Waals surface area contributed by atoms with Gasteiger partial charge in [-0.3, -0.25) is 4.79 Å². The topological polar surface area (TPSA) is 61.1 Å². The molecular formula is C24H31NO2. The van der Waals surface area contributed by atoms with Crippen LogP contribution in [-0.4, -0.2) is 11.1 Å². The molecule has 144 valence electrons. The highest BCUT2D eigenvalue weighted by atomic mass is 16.4. The van der Waals surface area contributed by atoms with Gasteiger partial charge in [0.25, 0.3) is 0 Å². The number of aliphatic carboxylic acids is 1. The van der Waals surface area contributed by atoms with E-state index in [1.54, 1.807) is 0 Å². The lowest BCUT2D eigenvalue weighted by Gasteiger charge is -2.37. The van der Waals surface area contributed by atoms with Gasteiger partial charge in [0, 0.05) is 6.42 Å². The summed E-state index contributed by atoms with van der Waals surface area (Å²) in [6, 6.07) is 10.4. The van der Waals surface area contributed by atoms with E-state index in [9.17, 15) is 4.79 Å². The molecule has 2 aliphatic rings. The van der Waals surface area contributed by atoms with Gasteiger partial charge in [-0.25, -0.2) is 0 Å². The third-order valence-corrected chi connectivity index (χ3v) is 6.70. The second-order valence-electron chi connectivity index (χ2n) is 8.38. The van der Waals surface area contributed by atoms with Crippen LogP contribution >= 0.6 is 0 Å². The van der Waals surface area contributed by atoms with Crippen LogP contribution in [0.5, 0.6) is 0 Å². The Kier molecular flexibility index (Phi) is 7.10. The SMILES string of the molecule is N#Cc1ccc(C2CCC(C3CCC(C=CCCC(=O)O)CC3)CC2)cc1. The Morgan fingerprint density at radius 1 is 1.00 bits per heavy atom. The number of rotatable bonds is 6. The zero-order chi connectivity index (χ0) is 19.1. The van der Waals surface area contributed by atoms with Crippen molar-refractivity contribution >= 4 is 5.97 Å². The molecule has 0 saturated heterocycles. The highest BCUT2D eigenvalue weighted by molar-refractivity contribution is 5.66. The molecule has 2 fully saturated rings. The number of hydrogen-bond donors (Lipinski definition) is 1. The first-order valence-corrected chi connectivity index (χ1v) is 10.5. The number of carboxylic acids is 1. The number of benzene rings is 1. The van der Waals surface area contributed by atoms with Gasteiger partial charge < -0.3 is 5.11 Å². The third kappa shape index (κ3) is 5.70. The second kappa shape index (κ2) is 9.74. The summed E-state index contributed by atoms with van der Waals surface area (Å²) in [6.45, 7) is 0. The Hall–Kier alpha value is -2.08. The van der Waals surface area contributed by atoms with E-state index in [-0.39, 0.29) is 6.42 Å². The fraction of sp³-hybridized carbons (Fsp3) is 0.583. The Morgan fingerprint density at radius 3 is 2.15 bits per heavy atom.